The minimum atomic E-state index is 0.302. The summed E-state index contributed by atoms with van der Waals surface area (Å²) in [6.45, 7) is 5.78. The molecule has 1 N–H and O–H groups in total. The van der Waals surface area contributed by atoms with Gasteiger partial charge < -0.3 is 0 Å². The summed E-state index contributed by atoms with van der Waals surface area (Å²) < 4.78 is 1.86. The standard InChI is InChI=1S/C8H15N5O/c1-7(2)13-8(9-6-10-13)12-4-3-5-14-11-12/h6-7,11H,3-5H2,1-2H3. The van der Waals surface area contributed by atoms with E-state index in [0.29, 0.717) is 6.04 Å². The molecule has 0 aliphatic carbocycles. The van der Waals surface area contributed by atoms with Crippen LogP contribution >= 0.6 is 0 Å². The normalized spacial score (nSPS) is 17.8. The zero-order valence-corrected chi connectivity index (χ0v) is 8.47. The fraction of sp³-hybridized carbons (Fsp3) is 0.750. The Labute approximate surface area is 82.8 Å². The van der Waals surface area contributed by atoms with E-state index >= 15 is 0 Å². The fourth-order valence-corrected chi connectivity index (χ4v) is 1.41. The van der Waals surface area contributed by atoms with Crippen LogP contribution in [0.2, 0.25) is 0 Å². The molecule has 6 heteroatoms. The Hall–Kier alpha value is -1.14. The number of rotatable bonds is 2. The molecule has 2 rings (SSSR count). The van der Waals surface area contributed by atoms with E-state index < -0.39 is 0 Å². The smallest absolute Gasteiger partial charge is 0.240 e. The van der Waals surface area contributed by atoms with E-state index in [1.807, 2.05) is 9.69 Å². The summed E-state index contributed by atoms with van der Waals surface area (Å²) in [6, 6.07) is 0.302. The first kappa shape index (κ1) is 9.42. The number of anilines is 1. The summed E-state index contributed by atoms with van der Waals surface area (Å²) in [7, 11) is 0. The van der Waals surface area contributed by atoms with Gasteiger partial charge in [-0.3, -0.25) is 9.85 Å². The van der Waals surface area contributed by atoms with Gasteiger partial charge in [0.15, 0.2) is 0 Å². The van der Waals surface area contributed by atoms with Gasteiger partial charge in [0.05, 0.1) is 12.6 Å². The molecular weight excluding hydrogens is 182 g/mol. The molecule has 6 nitrogen and oxygen atoms in total. The molecule has 1 fully saturated rings. The van der Waals surface area contributed by atoms with Crippen molar-refractivity contribution in [1.82, 2.24) is 20.4 Å². The third-order valence-corrected chi connectivity index (χ3v) is 2.09. The number of hydrogen-bond donors (Lipinski definition) is 1. The number of hydrogen-bond acceptors (Lipinski definition) is 5. The molecule has 78 valence electrons. The first-order valence-corrected chi connectivity index (χ1v) is 4.83. The predicted molar refractivity (Wildman–Crippen MR) is 51.5 cm³/mol. The van der Waals surface area contributed by atoms with Crippen LogP contribution in [0.4, 0.5) is 5.95 Å². The summed E-state index contributed by atoms with van der Waals surface area (Å²) in [4.78, 5) is 9.33. The summed E-state index contributed by atoms with van der Waals surface area (Å²) in [6.07, 6.45) is 2.56. The molecule has 0 saturated carbocycles. The number of aromatic nitrogens is 3. The summed E-state index contributed by atoms with van der Waals surface area (Å²) in [5.41, 5.74) is 2.83. The minimum absolute atomic E-state index is 0.302. The summed E-state index contributed by atoms with van der Waals surface area (Å²) in [5.74, 6) is 0.805. The van der Waals surface area contributed by atoms with Gasteiger partial charge in [-0.25, -0.2) is 4.68 Å². The Morgan fingerprint density at radius 2 is 2.43 bits per heavy atom. The topological polar surface area (TPSA) is 55.2 Å². The average molecular weight is 197 g/mol. The van der Waals surface area contributed by atoms with E-state index in [-0.39, 0.29) is 0 Å². The molecule has 1 aliphatic rings. The van der Waals surface area contributed by atoms with Crippen LogP contribution in [0.5, 0.6) is 0 Å². The molecule has 0 bridgehead atoms. The molecule has 1 saturated heterocycles. The lowest BCUT2D eigenvalue weighted by atomic mass is 10.4. The first-order chi connectivity index (χ1) is 6.79. The monoisotopic (exact) mass is 197 g/mol. The third-order valence-electron chi connectivity index (χ3n) is 2.09. The van der Waals surface area contributed by atoms with E-state index in [1.54, 1.807) is 6.33 Å². The maximum absolute atomic E-state index is 5.14. The van der Waals surface area contributed by atoms with Crippen LogP contribution < -0.4 is 10.6 Å². The number of hydrazine groups is 1. The third kappa shape index (κ3) is 1.71. The number of nitrogens with zero attached hydrogens (tertiary/aromatic N) is 4. The van der Waals surface area contributed by atoms with Crippen molar-refractivity contribution in [2.45, 2.75) is 26.3 Å². The SMILES string of the molecule is CC(C)n1ncnc1N1CCCON1. The molecule has 1 aromatic heterocycles. The van der Waals surface area contributed by atoms with Gasteiger partial charge in [0.2, 0.25) is 5.95 Å². The molecule has 0 radical (unpaired) electrons. The van der Waals surface area contributed by atoms with Crippen LogP contribution in [-0.2, 0) is 4.84 Å². The van der Waals surface area contributed by atoms with Crippen molar-refractivity contribution >= 4 is 5.95 Å². The Balaban J connectivity index is 2.17. The van der Waals surface area contributed by atoms with Crippen LogP contribution in [0.25, 0.3) is 0 Å². The van der Waals surface area contributed by atoms with Gasteiger partial charge in [0.1, 0.15) is 6.33 Å². The highest BCUT2D eigenvalue weighted by atomic mass is 16.7. The van der Waals surface area contributed by atoms with Gasteiger partial charge in [0.25, 0.3) is 0 Å². The van der Waals surface area contributed by atoms with Gasteiger partial charge in [-0.1, -0.05) is 0 Å². The van der Waals surface area contributed by atoms with Gasteiger partial charge in [-0.05, 0) is 20.3 Å². The fourth-order valence-electron chi connectivity index (χ4n) is 1.41. The molecule has 0 amide bonds. The molecular formula is C8H15N5O. The van der Waals surface area contributed by atoms with E-state index in [0.717, 1.165) is 25.5 Å². The van der Waals surface area contributed by atoms with Crippen molar-refractivity contribution in [2.75, 3.05) is 18.2 Å². The summed E-state index contributed by atoms with van der Waals surface area (Å²) in [5, 5.41) is 6.03. The van der Waals surface area contributed by atoms with Crippen molar-refractivity contribution in [3.05, 3.63) is 6.33 Å². The van der Waals surface area contributed by atoms with Crippen LogP contribution in [-0.4, -0.2) is 27.9 Å². The lowest BCUT2D eigenvalue weighted by Crippen LogP contribution is -2.45. The Morgan fingerprint density at radius 1 is 1.57 bits per heavy atom. The van der Waals surface area contributed by atoms with Crippen molar-refractivity contribution in [1.29, 1.82) is 0 Å². The molecule has 14 heavy (non-hydrogen) atoms. The Kier molecular flexibility index (Phi) is 2.64. The Morgan fingerprint density at radius 3 is 3.07 bits per heavy atom. The number of nitrogens with one attached hydrogen (secondary N) is 1. The molecule has 1 aromatic rings. The van der Waals surface area contributed by atoms with Crippen LogP contribution in [0.15, 0.2) is 6.33 Å². The molecule has 0 aromatic carbocycles. The molecule has 0 spiro atoms. The quantitative estimate of drug-likeness (QED) is 0.748. The van der Waals surface area contributed by atoms with Gasteiger partial charge in [-0.15, -0.1) is 5.59 Å². The van der Waals surface area contributed by atoms with Gasteiger partial charge in [0, 0.05) is 6.54 Å². The second-order valence-electron chi connectivity index (χ2n) is 3.54. The lowest BCUT2D eigenvalue weighted by molar-refractivity contribution is 0.00640. The minimum Gasteiger partial charge on any atom is -0.282 e. The second-order valence-corrected chi connectivity index (χ2v) is 3.54. The highest BCUT2D eigenvalue weighted by Gasteiger charge is 2.17. The van der Waals surface area contributed by atoms with Crippen LogP contribution in [0.1, 0.15) is 26.3 Å². The van der Waals surface area contributed by atoms with Crippen molar-refractivity contribution in [3.8, 4) is 0 Å². The van der Waals surface area contributed by atoms with Gasteiger partial charge >= 0.3 is 0 Å². The predicted octanol–water partition coefficient (Wildman–Crippen LogP) is 0.505. The zero-order valence-electron chi connectivity index (χ0n) is 8.47. The highest BCUT2D eigenvalue weighted by Crippen LogP contribution is 2.14. The lowest BCUT2D eigenvalue weighted by Gasteiger charge is -2.28. The van der Waals surface area contributed by atoms with Crippen molar-refractivity contribution < 1.29 is 4.84 Å². The van der Waals surface area contributed by atoms with E-state index in [4.69, 9.17) is 4.84 Å². The van der Waals surface area contributed by atoms with Crippen molar-refractivity contribution in [2.24, 2.45) is 0 Å². The van der Waals surface area contributed by atoms with Gasteiger partial charge in [-0.2, -0.15) is 10.1 Å². The van der Waals surface area contributed by atoms with E-state index in [2.05, 4.69) is 29.5 Å². The zero-order chi connectivity index (χ0) is 9.97. The average Bonchev–Trinajstić information content (AvgIpc) is 2.67. The summed E-state index contributed by atoms with van der Waals surface area (Å²) >= 11 is 0. The molecule has 0 unspecified atom stereocenters. The maximum Gasteiger partial charge on any atom is 0.240 e. The first-order valence-electron chi connectivity index (χ1n) is 4.83. The highest BCUT2D eigenvalue weighted by molar-refractivity contribution is 5.26. The van der Waals surface area contributed by atoms with E-state index in [9.17, 15) is 0 Å². The van der Waals surface area contributed by atoms with Crippen LogP contribution in [0.3, 0.4) is 0 Å². The second kappa shape index (κ2) is 3.93. The molecule has 0 atom stereocenters. The largest absolute Gasteiger partial charge is 0.282 e. The Bertz CT molecular complexity index is 292. The molecule has 1 aliphatic heterocycles. The van der Waals surface area contributed by atoms with Crippen LogP contribution in [0, 0.1) is 0 Å². The molecule has 2 heterocycles. The van der Waals surface area contributed by atoms with Crippen molar-refractivity contribution in [3.63, 3.8) is 0 Å². The van der Waals surface area contributed by atoms with E-state index in [1.165, 1.54) is 0 Å². The maximum atomic E-state index is 5.14.